The van der Waals surface area contributed by atoms with Crippen LogP contribution in [0.1, 0.15) is 33.3 Å². The van der Waals surface area contributed by atoms with Crippen LogP contribution in [0, 0.1) is 5.82 Å². The molecule has 2 rings (SSSR count). The zero-order valence-electron chi connectivity index (χ0n) is 12.9. The minimum Gasteiger partial charge on any atom is -0.369 e. The Hall–Kier alpha value is -1.13. The molecule has 1 aliphatic rings. The van der Waals surface area contributed by atoms with Gasteiger partial charge in [0.05, 0.1) is 17.4 Å². The Kier molecular flexibility index (Phi) is 4.66. The minimum absolute atomic E-state index is 0.102. The summed E-state index contributed by atoms with van der Waals surface area (Å²) in [6.07, 6.45) is 0.102. The molecule has 112 valence electrons. The zero-order chi connectivity index (χ0) is 14.8. The van der Waals surface area contributed by atoms with Crippen molar-refractivity contribution in [3.05, 3.63) is 29.6 Å². The van der Waals surface area contributed by atoms with E-state index in [-0.39, 0.29) is 17.5 Å². The molecule has 3 nitrogen and oxygen atoms in total. The van der Waals surface area contributed by atoms with Gasteiger partial charge in [0.15, 0.2) is 0 Å². The monoisotopic (exact) mass is 280 g/mol. The van der Waals surface area contributed by atoms with E-state index in [4.69, 9.17) is 4.74 Å². The van der Waals surface area contributed by atoms with Crippen LogP contribution in [0.3, 0.4) is 0 Å². The first kappa shape index (κ1) is 15.3. The van der Waals surface area contributed by atoms with E-state index < -0.39 is 0 Å². The summed E-state index contributed by atoms with van der Waals surface area (Å²) in [7, 11) is 0. The van der Waals surface area contributed by atoms with Gasteiger partial charge in [-0.25, -0.2) is 4.39 Å². The Balaban J connectivity index is 2.30. The number of rotatable bonds is 4. The van der Waals surface area contributed by atoms with Gasteiger partial charge in [-0.3, -0.25) is 0 Å². The summed E-state index contributed by atoms with van der Waals surface area (Å²) in [4.78, 5) is 2.12. The smallest absolute Gasteiger partial charge is 0.146 e. The topological polar surface area (TPSA) is 24.5 Å². The summed E-state index contributed by atoms with van der Waals surface area (Å²) in [5, 5.41) is 3.28. The van der Waals surface area contributed by atoms with Gasteiger partial charge in [0.1, 0.15) is 5.82 Å². The number of anilines is 1. The van der Waals surface area contributed by atoms with Crippen LogP contribution in [0.2, 0.25) is 0 Å². The normalized spacial score (nSPS) is 22.1. The molecule has 1 aliphatic heterocycles. The molecule has 0 bridgehead atoms. The van der Waals surface area contributed by atoms with Crippen LogP contribution in [0.5, 0.6) is 0 Å². The van der Waals surface area contributed by atoms with Gasteiger partial charge in [-0.2, -0.15) is 0 Å². The molecular weight excluding hydrogens is 255 g/mol. The molecule has 0 saturated carbocycles. The van der Waals surface area contributed by atoms with Crippen LogP contribution in [0.25, 0.3) is 0 Å². The number of hydrogen-bond acceptors (Lipinski definition) is 3. The van der Waals surface area contributed by atoms with E-state index in [1.54, 1.807) is 6.07 Å². The standard InChI is InChI=1S/C16H25FN2O/c1-5-18-9-13-7-6-8-14(17)15(13)19-10-12(2)20-16(3,4)11-19/h6-8,12,18H,5,9-11H2,1-4H3. The van der Waals surface area contributed by atoms with Crippen molar-refractivity contribution in [2.24, 2.45) is 0 Å². The van der Waals surface area contributed by atoms with Crippen LogP contribution in [-0.2, 0) is 11.3 Å². The summed E-state index contributed by atoms with van der Waals surface area (Å²) in [6.45, 7) is 11.2. The van der Waals surface area contributed by atoms with Gasteiger partial charge in [0.2, 0.25) is 0 Å². The summed E-state index contributed by atoms with van der Waals surface area (Å²) in [6, 6.07) is 5.31. The number of halogens is 1. The third-order valence-electron chi connectivity index (χ3n) is 3.52. The van der Waals surface area contributed by atoms with Crippen molar-refractivity contribution in [2.75, 3.05) is 24.5 Å². The lowest BCUT2D eigenvalue weighted by molar-refractivity contribution is -0.0751. The first-order valence-electron chi connectivity index (χ1n) is 7.34. The Morgan fingerprint density at radius 3 is 2.85 bits per heavy atom. The van der Waals surface area contributed by atoms with E-state index in [9.17, 15) is 4.39 Å². The summed E-state index contributed by atoms with van der Waals surface area (Å²) in [5.74, 6) is -0.148. The SMILES string of the molecule is CCNCc1cccc(F)c1N1CC(C)OC(C)(C)C1. The fourth-order valence-corrected chi connectivity index (χ4v) is 2.94. The van der Waals surface area contributed by atoms with E-state index in [1.165, 1.54) is 6.07 Å². The Bertz CT molecular complexity index is 462. The second-order valence-corrected chi connectivity index (χ2v) is 6.10. The van der Waals surface area contributed by atoms with Crippen LogP contribution in [0.4, 0.5) is 10.1 Å². The van der Waals surface area contributed by atoms with E-state index in [2.05, 4.69) is 31.0 Å². The molecule has 20 heavy (non-hydrogen) atoms. The van der Waals surface area contributed by atoms with Gasteiger partial charge in [-0.15, -0.1) is 0 Å². The fraction of sp³-hybridized carbons (Fsp3) is 0.625. The Morgan fingerprint density at radius 2 is 2.20 bits per heavy atom. The molecule has 1 atom stereocenters. The maximum absolute atomic E-state index is 14.3. The van der Waals surface area contributed by atoms with Crippen LogP contribution in [0.15, 0.2) is 18.2 Å². The Morgan fingerprint density at radius 1 is 1.45 bits per heavy atom. The molecule has 4 heteroatoms. The number of para-hydroxylation sites is 1. The zero-order valence-corrected chi connectivity index (χ0v) is 12.9. The summed E-state index contributed by atoms with van der Waals surface area (Å²) >= 11 is 0. The molecule has 1 aromatic carbocycles. The van der Waals surface area contributed by atoms with E-state index >= 15 is 0 Å². The number of morpholine rings is 1. The molecule has 1 fully saturated rings. The number of benzene rings is 1. The maximum atomic E-state index is 14.3. The van der Waals surface area contributed by atoms with Crippen molar-refractivity contribution in [1.29, 1.82) is 0 Å². The molecule has 1 N–H and O–H groups in total. The fourth-order valence-electron chi connectivity index (χ4n) is 2.94. The summed E-state index contributed by atoms with van der Waals surface area (Å²) < 4.78 is 20.2. The van der Waals surface area contributed by atoms with Gasteiger partial charge >= 0.3 is 0 Å². The predicted octanol–water partition coefficient (Wildman–Crippen LogP) is 2.94. The lowest BCUT2D eigenvalue weighted by Gasteiger charge is -2.43. The first-order valence-corrected chi connectivity index (χ1v) is 7.34. The maximum Gasteiger partial charge on any atom is 0.146 e. The highest BCUT2D eigenvalue weighted by Gasteiger charge is 2.33. The third kappa shape index (κ3) is 3.49. The third-order valence-corrected chi connectivity index (χ3v) is 3.52. The molecule has 0 spiro atoms. The quantitative estimate of drug-likeness (QED) is 0.917. The molecule has 1 heterocycles. The molecule has 1 unspecified atom stereocenters. The second-order valence-electron chi connectivity index (χ2n) is 6.10. The van der Waals surface area contributed by atoms with E-state index in [1.807, 2.05) is 13.0 Å². The lowest BCUT2D eigenvalue weighted by atomic mass is 10.0. The van der Waals surface area contributed by atoms with Crippen molar-refractivity contribution in [1.82, 2.24) is 5.32 Å². The van der Waals surface area contributed by atoms with Crippen molar-refractivity contribution in [3.63, 3.8) is 0 Å². The number of nitrogens with one attached hydrogen (secondary N) is 1. The Labute approximate surface area is 121 Å². The van der Waals surface area contributed by atoms with Gasteiger partial charge in [-0.05, 0) is 38.9 Å². The average molecular weight is 280 g/mol. The van der Waals surface area contributed by atoms with Gasteiger partial charge < -0.3 is 15.0 Å². The van der Waals surface area contributed by atoms with Gasteiger partial charge in [0, 0.05) is 19.6 Å². The second kappa shape index (κ2) is 6.10. The molecule has 1 aromatic rings. The van der Waals surface area contributed by atoms with Crippen LogP contribution in [-0.4, -0.2) is 31.3 Å². The van der Waals surface area contributed by atoms with Crippen molar-refractivity contribution in [2.45, 2.75) is 45.9 Å². The van der Waals surface area contributed by atoms with Crippen LogP contribution >= 0.6 is 0 Å². The van der Waals surface area contributed by atoms with Crippen LogP contribution < -0.4 is 10.2 Å². The predicted molar refractivity (Wildman–Crippen MR) is 80.6 cm³/mol. The van der Waals surface area contributed by atoms with Gasteiger partial charge in [0.25, 0.3) is 0 Å². The van der Waals surface area contributed by atoms with E-state index in [0.29, 0.717) is 13.1 Å². The molecule has 0 radical (unpaired) electrons. The molecule has 1 saturated heterocycles. The number of hydrogen-bond donors (Lipinski definition) is 1. The largest absolute Gasteiger partial charge is 0.369 e. The minimum atomic E-state index is -0.255. The summed E-state index contributed by atoms with van der Waals surface area (Å²) in [5.41, 5.74) is 1.48. The van der Waals surface area contributed by atoms with Crippen molar-refractivity contribution >= 4 is 5.69 Å². The number of ether oxygens (including phenoxy) is 1. The molecule has 0 aliphatic carbocycles. The van der Waals surface area contributed by atoms with Crippen molar-refractivity contribution < 1.29 is 9.13 Å². The lowest BCUT2D eigenvalue weighted by Crippen LogP contribution is -2.52. The van der Waals surface area contributed by atoms with Crippen molar-refractivity contribution in [3.8, 4) is 0 Å². The first-order chi connectivity index (χ1) is 9.43. The van der Waals surface area contributed by atoms with E-state index in [0.717, 1.165) is 24.3 Å². The average Bonchev–Trinajstić information content (AvgIpc) is 2.33. The highest BCUT2D eigenvalue weighted by molar-refractivity contribution is 5.55. The molecular formula is C16H25FN2O. The number of nitrogens with zero attached hydrogens (tertiary/aromatic N) is 1. The molecule has 0 aromatic heterocycles. The highest BCUT2D eigenvalue weighted by atomic mass is 19.1. The highest BCUT2D eigenvalue weighted by Crippen LogP contribution is 2.30. The van der Waals surface area contributed by atoms with Gasteiger partial charge in [-0.1, -0.05) is 19.1 Å². The molecule has 0 amide bonds.